The van der Waals surface area contributed by atoms with Crippen molar-refractivity contribution in [3.05, 3.63) is 65.6 Å². The summed E-state index contributed by atoms with van der Waals surface area (Å²) in [5.74, 6) is -0.869. The summed E-state index contributed by atoms with van der Waals surface area (Å²) < 4.78 is 3.91. The molecule has 0 atom stereocenters. The summed E-state index contributed by atoms with van der Waals surface area (Å²) in [5, 5.41) is 10.6. The predicted molar refractivity (Wildman–Crippen MR) is 89.6 cm³/mol. The Hall–Kier alpha value is -2.62. The molecule has 4 heteroatoms. The average molecular weight is 309 g/mol. The standard InChI is InChI=1S/C19H20N2O2/c1-3-14-7-6-11-21(13-14)12-10-16-15-8-4-5-9-17(15)20(2)18(16)19(22)23/h4-9,11,13H,3,10,12H2,1-2H3/p+1. The zero-order chi connectivity index (χ0) is 16.4. The highest BCUT2D eigenvalue weighted by Gasteiger charge is 2.21. The number of rotatable bonds is 5. The number of fused-ring (bicyclic) bond motifs is 1. The summed E-state index contributed by atoms with van der Waals surface area (Å²) in [4.78, 5) is 11.7. The van der Waals surface area contributed by atoms with Crippen molar-refractivity contribution < 1.29 is 14.5 Å². The molecule has 0 aliphatic rings. The molecule has 0 radical (unpaired) electrons. The van der Waals surface area contributed by atoms with Crippen LogP contribution < -0.4 is 4.57 Å². The molecule has 1 N–H and O–H groups in total. The van der Waals surface area contributed by atoms with Gasteiger partial charge in [-0.05, 0) is 24.1 Å². The van der Waals surface area contributed by atoms with Crippen LogP contribution >= 0.6 is 0 Å². The Labute approximate surface area is 135 Å². The van der Waals surface area contributed by atoms with E-state index >= 15 is 0 Å². The van der Waals surface area contributed by atoms with Crippen molar-refractivity contribution in [2.45, 2.75) is 26.3 Å². The third-order valence-electron chi connectivity index (χ3n) is 4.36. The van der Waals surface area contributed by atoms with Crippen molar-refractivity contribution in [1.82, 2.24) is 4.57 Å². The van der Waals surface area contributed by atoms with Crippen LogP contribution in [0.4, 0.5) is 0 Å². The molecule has 3 aromatic rings. The number of aromatic carboxylic acids is 1. The van der Waals surface area contributed by atoms with Crippen molar-refractivity contribution in [3.8, 4) is 0 Å². The van der Waals surface area contributed by atoms with Gasteiger partial charge in [-0.2, -0.15) is 0 Å². The van der Waals surface area contributed by atoms with E-state index in [1.807, 2.05) is 43.6 Å². The molecule has 1 aromatic carbocycles. The predicted octanol–water partition coefficient (Wildman–Crippen LogP) is 2.97. The quantitative estimate of drug-likeness (QED) is 0.737. The number of benzene rings is 1. The van der Waals surface area contributed by atoms with Gasteiger partial charge in [-0.15, -0.1) is 0 Å². The van der Waals surface area contributed by atoms with Crippen molar-refractivity contribution in [3.63, 3.8) is 0 Å². The van der Waals surface area contributed by atoms with E-state index in [4.69, 9.17) is 0 Å². The molecule has 0 saturated heterocycles. The molecule has 0 fully saturated rings. The number of hydrogen-bond donors (Lipinski definition) is 1. The number of carbonyl (C=O) groups is 1. The molecule has 0 aliphatic heterocycles. The maximum atomic E-state index is 11.7. The van der Waals surface area contributed by atoms with Crippen LogP contribution in [0.3, 0.4) is 0 Å². The molecular formula is C19H21N2O2+. The smallest absolute Gasteiger partial charge is 0.352 e. The minimum Gasteiger partial charge on any atom is -0.477 e. The Morgan fingerprint density at radius 1 is 1.22 bits per heavy atom. The minimum atomic E-state index is -0.869. The van der Waals surface area contributed by atoms with Crippen LogP contribution in [0, 0.1) is 0 Å². The fraction of sp³-hybridized carbons (Fsp3) is 0.263. The summed E-state index contributed by atoms with van der Waals surface area (Å²) >= 11 is 0. The lowest BCUT2D eigenvalue weighted by molar-refractivity contribution is -0.696. The van der Waals surface area contributed by atoms with E-state index in [-0.39, 0.29) is 0 Å². The molecule has 3 rings (SSSR count). The summed E-state index contributed by atoms with van der Waals surface area (Å²) in [6, 6.07) is 12.0. The largest absolute Gasteiger partial charge is 0.477 e. The van der Waals surface area contributed by atoms with E-state index < -0.39 is 5.97 Å². The van der Waals surface area contributed by atoms with Crippen LogP contribution in [0.2, 0.25) is 0 Å². The molecule has 23 heavy (non-hydrogen) atoms. The summed E-state index contributed by atoms with van der Waals surface area (Å²) in [5.41, 5.74) is 3.54. The van der Waals surface area contributed by atoms with E-state index in [1.165, 1.54) is 5.56 Å². The summed E-state index contributed by atoms with van der Waals surface area (Å²) in [7, 11) is 1.82. The van der Waals surface area contributed by atoms with Crippen molar-refractivity contribution in [2.75, 3.05) is 0 Å². The van der Waals surface area contributed by atoms with Gasteiger partial charge in [0.25, 0.3) is 0 Å². The molecule has 0 saturated carbocycles. The van der Waals surface area contributed by atoms with E-state index in [0.717, 1.165) is 29.4 Å². The Balaban J connectivity index is 1.99. The van der Waals surface area contributed by atoms with Gasteiger partial charge < -0.3 is 9.67 Å². The minimum absolute atomic E-state index is 0.387. The Morgan fingerprint density at radius 3 is 2.74 bits per heavy atom. The Bertz CT molecular complexity index is 865. The number of carboxylic acid groups (broad SMARTS) is 1. The molecular weight excluding hydrogens is 288 g/mol. The van der Waals surface area contributed by atoms with Crippen LogP contribution in [0.1, 0.15) is 28.5 Å². The molecule has 2 aromatic heterocycles. The number of carboxylic acids is 1. The second-order valence-corrected chi connectivity index (χ2v) is 5.76. The van der Waals surface area contributed by atoms with Gasteiger partial charge in [-0.25, -0.2) is 9.36 Å². The SMILES string of the molecule is CCc1ccc[n+](CCc2c(C(=O)O)n(C)c3ccccc23)c1. The van der Waals surface area contributed by atoms with Gasteiger partial charge in [0.05, 0.1) is 0 Å². The number of pyridine rings is 1. The normalized spacial score (nSPS) is 11.0. The first-order valence-corrected chi connectivity index (χ1v) is 7.89. The molecule has 0 amide bonds. The monoisotopic (exact) mass is 309 g/mol. The van der Waals surface area contributed by atoms with E-state index in [1.54, 1.807) is 4.57 Å². The molecule has 0 bridgehead atoms. The molecule has 4 nitrogen and oxygen atoms in total. The van der Waals surface area contributed by atoms with Gasteiger partial charge >= 0.3 is 5.97 Å². The third kappa shape index (κ3) is 2.84. The van der Waals surface area contributed by atoms with Gasteiger partial charge in [0, 0.05) is 36.0 Å². The molecule has 0 spiro atoms. The number of para-hydroxylation sites is 1. The first kappa shape index (κ1) is 15.3. The number of aromatic nitrogens is 2. The van der Waals surface area contributed by atoms with Crippen LogP contribution in [-0.4, -0.2) is 15.6 Å². The van der Waals surface area contributed by atoms with Gasteiger partial charge in [0.2, 0.25) is 0 Å². The lowest BCUT2D eigenvalue weighted by atomic mass is 10.1. The van der Waals surface area contributed by atoms with E-state index in [0.29, 0.717) is 12.1 Å². The van der Waals surface area contributed by atoms with Gasteiger partial charge in [-0.1, -0.05) is 25.1 Å². The highest BCUT2D eigenvalue weighted by atomic mass is 16.4. The summed E-state index contributed by atoms with van der Waals surface area (Å²) in [6.45, 7) is 2.90. The van der Waals surface area contributed by atoms with E-state index in [9.17, 15) is 9.90 Å². The Morgan fingerprint density at radius 2 is 2.00 bits per heavy atom. The first-order chi connectivity index (χ1) is 11.1. The molecule has 2 heterocycles. The molecule has 118 valence electrons. The number of nitrogens with zero attached hydrogens (tertiary/aromatic N) is 2. The molecule has 0 aliphatic carbocycles. The molecule has 0 unspecified atom stereocenters. The maximum absolute atomic E-state index is 11.7. The lowest BCUT2D eigenvalue weighted by Crippen LogP contribution is -2.34. The fourth-order valence-corrected chi connectivity index (χ4v) is 3.16. The van der Waals surface area contributed by atoms with Crippen LogP contribution in [0.5, 0.6) is 0 Å². The number of hydrogen-bond acceptors (Lipinski definition) is 1. The van der Waals surface area contributed by atoms with Gasteiger partial charge in [-0.3, -0.25) is 0 Å². The summed E-state index contributed by atoms with van der Waals surface area (Å²) in [6.07, 6.45) is 5.85. The maximum Gasteiger partial charge on any atom is 0.352 e. The zero-order valence-corrected chi connectivity index (χ0v) is 13.5. The van der Waals surface area contributed by atoms with Crippen molar-refractivity contribution in [1.29, 1.82) is 0 Å². The number of aryl methyl sites for hydroxylation is 4. The van der Waals surface area contributed by atoms with Crippen LogP contribution in [-0.2, 0) is 26.4 Å². The van der Waals surface area contributed by atoms with Crippen molar-refractivity contribution in [2.24, 2.45) is 7.05 Å². The third-order valence-corrected chi connectivity index (χ3v) is 4.36. The van der Waals surface area contributed by atoms with Gasteiger partial charge in [0.1, 0.15) is 5.69 Å². The van der Waals surface area contributed by atoms with Crippen LogP contribution in [0.25, 0.3) is 10.9 Å². The highest BCUT2D eigenvalue weighted by Crippen LogP contribution is 2.25. The van der Waals surface area contributed by atoms with Crippen LogP contribution in [0.15, 0.2) is 48.8 Å². The van der Waals surface area contributed by atoms with Gasteiger partial charge in [0.15, 0.2) is 18.9 Å². The van der Waals surface area contributed by atoms with Crippen molar-refractivity contribution >= 4 is 16.9 Å². The topological polar surface area (TPSA) is 46.1 Å². The van der Waals surface area contributed by atoms with E-state index in [2.05, 4.69) is 23.8 Å². The highest BCUT2D eigenvalue weighted by molar-refractivity contribution is 5.98. The first-order valence-electron chi connectivity index (χ1n) is 7.89. The second-order valence-electron chi connectivity index (χ2n) is 5.76. The zero-order valence-electron chi connectivity index (χ0n) is 13.5. The fourth-order valence-electron chi connectivity index (χ4n) is 3.16. The average Bonchev–Trinajstić information content (AvgIpc) is 2.86. The second kappa shape index (κ2) is 6.24. The lowest BCUT2D eigenvalue weighted by Gasteiger charge is -2.03. The Kier molecular flexibility index (Phi) is 4.15.